The van der Waals surface area contributed by atoms with Gasteiger partial charge >= 0.3 is 5.97 Å². The Bertz CT molecular complexity index is 746. The third-order valence-corrected chi connectivity index (χ3v) is 4.03. The Hall–Kier alpha value is -2.55. The molecule has 2 aromatic rings. The number of hydrogen-bond acceptors (Lipinski definition) is 2. The standard InChI is InChI=1S/C20H20O3/c1-14-4-2-5-16(12-14)18-7-3-6-17-13-15(9-11-20(21)22)8-10-19(17)23-18/h2-6,8,10,12-13,18H,7,9,11H2,1H3,(H,21,22). The van der Waals surface area contributed by atoms with Crippen molar-refractivity contribution in [2.45, 2.75) is 32.3 Å². The highest BCUT2D eigenvalue weighted by Gasteiger charge is 2.17. The van der Waals surface area contributed by atoms with Gasteiger partial charge < -0.3 is 9.84 Å². The zero-order valence-corrected chi connectivity index (χ0v) is 13.2. The number of rotatable bonds is 4. The van der Waals surface area contributed by atoms with Gasteiger partial charge in [0, 0.05) is 18.4 Å². The third kappa shape index (κ3) is 3.81. The van der Waals surface area contributed by atoms with Gasteiger partial charge in [0.25, 0.3) is 0 Å². The summed E-state index contributed by atoms with van der Waals surface area (Å²) in [5.41, 5.74) is 4.44. The summed E-state index contributed by atoms with van der Waals surface area (Å²) < 4.78 is 6.20. The fourth-order valence-corrected chi connectivity index (χ4v) is 2.84. The average molecular weight is 308 g/mol. The molecule has 0 saturated carbocycles. The number of ether oxygens (including phenoxy) is 1. The van der Waals surface area contributed by atoms with Gasteiger partial charge in [0.15, 0.2) is 0 Å². The summed E-state index contributed by atoms with van der Waals surface area (Å²) in [4.78, 5) is 10.7. The Morgan fingerprint density at radius 2 is 2.13 bits per heavy atom. The molecule has 3 nitrogen and oxygen atoms in total. The number of benzene rings is 2. The van der Waals surface area contributed by atoms with Crippen LogP contribution in [0, 0.1) is 6.92 Å². The minimum atomic E-state index is -0.772. The van der Waals surface area contributed by atoms with Gasteiger partial charge in [-0.2, -0.15) is 0 Å². The van der Waals surface area contributed by atoms with Gasteiger partial charge in [-0.3, -0.25) is 4.79 Å². The molecule has 0 fully saturated rings. The van der Waals surface area contributed by atoms with E-state index in [1.165, 1.54) is 11.1 Å². The molecule has 0 amide bonds. The molecule has 0 aliphatic carbocycles. The molecule has 1 N–H and O–H groups in total. The lowest BCUT2D eigenvalue weighted by atomic mass is 10.0. The van der Waals surface area contributed by atoms with E-state index in [0.717, 1.165) is 23.3 Å². The number of fused-ring (bicyclic) bond motifs is 1. The summed E-state index contributed by atoms with van der Waals surface area (Å²) in [6.07, 6.45) is 5.71. The van der Waals surface area contributed by atoms with E-state index in [4.69, 9.17) is 9.84 Å². The highest BCUT2D eigenvalue weighted by molar-refractivity contribution is 5.67. The second kappa shape index (κ2) is 6.69. The van der Waals surface area contributed by atoms with Crippen LogP contribution in [-0.4, -0.2) is 11.1 Å². The highest BCUT2D eigenvalue weighted by Crippen LogP contribution is 2.33. The van der Waals surface area contributed by atoms with Crippen LogP contribution in [0.3, 0.4) is 0 Å². The van der Waals surface area contributed by atoms with Crippen LogP contribution in [0.1, 0.15) is 41.2 Å². The van der Waals surface area contributed by atoms with E-state index < -0.39 is 5.97 Å². The van der Waals surface area contributed by atoms with Crippen molar-refractivity contribution >= 4 is 12.0 Å². The quantitative estimate of drug-likeness (QED) is 0.901. The Kier molecular flexibility index (Phi) is 4.47. The molecule has 1 heterocycles. The van der Waals surface area contributed by atoms with Crippen LogP contribution in [0.4, 0.5) is 0 Å². The monoisotopic (exact) mass is 308 g/mol. The molecular formula is C20H20O3. The van der Waals surface area contributed by atoms with Gasteiger partial charge in [-0.05, 0) is 36.6 Å². The molecule has 0 aromatic heterocycles. The Labute approximate surface area is 136 Å². The van der Waals surface area contributed by atoms with Crippen molar-refractivity contribution in [3.8, 4) is 5.75 Å². The lowest BCUT2D eigenvalue weighted by Gasteiger charge is -2.18. The molecule has 1 unspecified atom stereocenters. The zero-order valence-electron chi connectivity index (χ0n) is 13.2. The maximum Gasteiger partial charge on any atom is 0.303 e. The first kappa shape index (κ1) is 15.3. The summed E-state index contributed by atoms with van der Waals surface area (Å²) in [6.45, 7) is 2.08. The Balaban J connectivity index is 1.82. The SMILES string of the molecule is Cc1cccc(C2CC=Cc3cc(CCC(=O)O)ccc3O2)c1. The summed E-state index contributed by atoms with van der Waals surface area (Å²) in [5, 5.41) is 8.80. The molecule has 0 saturated heterocycles. The van der Waals surface area contributed by atoms with Crippen molar-refractivity contribution in [3.05, 3.63) is 70.8 Å². The molecule has 2 aromatic carbocycles. The molecular weight excluding hydrogens is 288 g/mol. The first-order chi connectivity index (χ1) is 11.1. The molecule has 3 rings (SSSR count). The minimum Gasteiger partial charge on any atom is -0.485 e. The van der Waals surface area contributed by atoms with Crippen molar-refractivity contribution < 1.29 is 14.6 Å². The van der Waals surface area contributed by atoms with E-state index in [-0.39, 0.29) is 12.5 Å². The van der Waals surface area contributed by atoms with Crippen molar-refractivity contribution in [2.75, 3.05) is 0 Å². The molecule has 1 aliphatic rings. The minimum absolute atomic E-state index is 0.0114. The predicted molar refractivity (Wildman–Crippen MR) is 90.6 cm³/mol. The number of aryl methyl sites for hydroxylation is 2. The molecule has 1 aliphatic heterocycles. The largest absolute Gasteiger partial charge is 0.485 e. The number of hydrogen-bond donors (Lipinski definition) is 1. The number of carboxylic acids is 1. The Morgan fingerprint density at radius 3 is 2.91 bits per heavy atom. The van der Waals surface area contributed by atoms with E-state index in [9.17, 15) is 4.79 Å². The smallest absolute Gasteiger partial charge is 0.303 e. The molecule has 0 bridgehead atoms. The normalized spacial score (nSPS) is 16.3. The van der Waals surface area contributed by atoms with E-state index in [1.54, 1.807) is 0 Å². The number of aliphatic carboxylic acids is 1. The van der Waals surface area contributed by atoms with E-state index >= 15 is 0 Å². The van der Waals surface area contributed by atoms with Gasteiger partial charge in [-0.1, -0.05) is 48.0 Å². The van der Waals surface area contributed by atoms with Crippen LogP contribution >= 0.6 is 0 Å². The maximum absolute atomic E-state index is 10.7. The fraction of sp³-hybridized carbons (Fsp3) is 0.250. The second-order valence-corrected chi connectivity index (χ2v) is 5.92. The summed E-state index contributed by atoms with van der Waals surface area (Å²) in [5.74, 6) is 0.0792. The van der Waals surface area contributed by atoms with E-state index in [2.05, 4.69) is 43.3 Å². The van der Waals surface area contributed by atoms with Crippen molar-refractivity contribution in [3.63, 3.8) is 0 Å². The highest BCUT2D eigenvalue weighted by atomic mass is 16.5. The fourth-order valence-electron chi connectivity index (χ4n) is 2.84. The van der Waals surface area contributed by atoms with Crippen LogP contribution in [0.25, 0.3) is 6.08 Å². The van der Waals surface area contributed by atoms with E-state index in [1.807, 2.05) is 18.2 Å². The number of carbonyl (C=O) groups is 1. The number of carboxylic acid groups (broad SMARTS) is 1. The molecule has 0 spiro atoms. The first-order valence-corrected chi connectivity index (χ1v) is 7.86. The van der Waals surface area contributed by atoms with Crippen LogP contribution in [0.15, 0.2) is 48.5 Å². The lowest BCUT2D eigenvalue weighted by molar-refractivity contribution is -0.136. The third-order valence-electron chi connectivity index (χ3n) is 4.03. The Morgan fingerprint density at radius 1 is 1.26 bits per heavy atom. The van der Waals surface area contributed by atoms with Crippen LogP contribution < -0.4 is 4.74 Å². The summed E-state index contributed by atoms with van der Waals surface area (Å²) in [7, 11) is 0. The van der Waals surface area contributed by atoms with Crippen LogP contribution in [0.5, 0.6) is 5.75 Å². The summed E-state index contributed by atoms with van der Waals surface area (Å²) >= 11 is 0. The van der Waals surface area contributed by atoms with E-state index in [0.29, 0.717) is 6.42 Å². The average Bonchev–Trinajstić information content (AvgIpc) is 2.74. The molecule has 3 heteroatoms. The topological polar surface area (TPSA) is 46.5 Å². The molecule has 118 valence electrons. The molecule has 0 radical (unpaired) electrons. The van der Waals surface area contributed by atoms with Crippen molar-refractivity contribution in [2.24, 2.45) is 0 Å². The van der Waals surface area contributed by atoms with Crippen molar-refractivity contribution in [1.82, 2.24) is 0 Å². The second-order valence-electron chi connectivity index (χ2n) is 5.92. The summed E-state index contributed by atoms with van der Waals surface area (Å²) in [6, 6.07) is 14.3. The first-order valence-electron chi connectivity index (χ1n) is 7.86. The maximum atomic E-state index is 10.7. The van der Waals surface area contributed by atoms with Crippen molar-refractivity contribution in [1.29, 1.82) is 0 Å². The predicted octanol–water partition coefficient (Wildman–Crippen LogP) is 4.55. The molecule has 23 heavy (non-hydrogen) atoms. The van der Waals surface area contributed by atoms with Gasteiger partial charge in [-0.15, -0.1) is 0 Å². The van der Waals surface area contributed by atoms with Crippen LogP contribution in [0.2, 0.25) is 0 Å². The molecule has 1 atom stereocenters. The van der Waals surface area contributed by atoms with Gasteiger partial charge in [0.2, 0.25) is 0 Å². The van der Waals surface area contributed by atoms with Gasteiger partial charge in [-0.25, -0.2) is 0 Å². The lowest BCUT2D eigenvalue weighted by Crippen LogP contribution is -2.06. The van der Waals surface area contributed by atoms with Gasteiger partial charge in [0.1, 0.15) is 11.9 Å². The van der Waals surface area contributed by atoms with Crippen LogP contribution in [-0.2, 0) is 11.2 Å². The van der Waals surface area contributed by atoms with Gasteiger partial charge in [0.05, 0.1) is 0 Å². The zero-order chi connectivity index (χ0) is 16.2.